The number of carbonyl (C=O) groups excluding carboxylic acids is 2. The van der Waals surface area contributed by atoms with Gasteiger partial charge in [0, 0.05) is 0 Å². The summed E-state index contributed by atoms with van der Waals surface area (Å²) in [5, 5.41) is 0. The van der Waals surface area contributed by atoms with Crippen molar-refractivity contribution in [1.29, 1.82) is 0 Å². The fourth-order valence-corrected chi connectivity index (χ4v) is 2.51. The van der Waals surface area contributed by atoms with E-state index in [0.29, 0.717) is 24.0 Å². The Balaban J connectivity index is 2.51. The highest BCUT2D eigenvalue weighted by Gasteiger charge is 2.33. The van der Waals surface area contributed by atoms with Gasteiger partial charge in [-0.15, -0.1) is 0 Å². The Morgan fingerprint density at radius 3 is 2.71 bits per heavy atom. The molecule has 0 N–H and O–H groups in total. The van der Waals surface area contributed by atoms with E-state index < -0.39 is 6.16 Å². The van der Waals surface area contributed by atoms with Crippen LogP contribution in [0.5, 0.6) is 0 Å². The molecule has 98 valence electrons. The van der Waals surface area contributed by atoms with Crippen LogP contribution in [0.2, 0.25) is 0 Å². The summed E-state index contributed by atoms with van der Waals surface area (Å²) < 4.78 is 9.95. The highest BCUT2D eigenvalue weighted by Crippen LogP contribution is 2.35. The molecule has 0 heterocycles. The number of hydrogen-bond acceptors (Lipinski definition) is 4. The molecule has 0 aromatic carbocycles. The van der Waals surface area contributed by atoms with Crippen molar-refractivity contribution in [1.82, 2.24) is 0 Å². The maximum absolute atomic E-state index is 11.3. The summed E-state index contributed by atoms with van der Waals surface area (Å²) >= 11 is 0. The summed E-state index contributed by atoms with van der Waals surface area (Å²) in [6.45, 7) is 6.23. The molecule has 1 rings (SSSR count). The molecule has 0 spiro atoms. The fraction of sp³-hybridized carbons (Fsp3) is 0.846. The first kappa shape index (κ1) is 14.0. The van der Waals surface area contributed by atoms with Gasteiger partial charge in [0.2, 0.25) is 0 Å². The number of rotatable bonds is 4. The topological polar surface area (TPSA) is 52.6 Å². The second-order valence-electron chi connectivity index (χ2n) is 5.21. The van der Waals surface area contributed by atoms with Crippen LogP contribution in [-0.2, 0) is 14.3 Å². The molecule has 1 aliphatic rings. The van der Waals surface area contributed by atoms with E-state index in [9.17, 15) is 9.59 Å². The second-order valence-corrected chi connectivity index (χ2v) is 5.21. The summed E-state index contributed by atoms with van der Waals surface area (Å²) in [6, 6.07) is 0. The largest absolute Gasteiger partial charge is 0.508 e. The smallest absolute Gasteiger partial charge is 0.431 e. The van der Waals surface area contributed by atoms with Gasteiger partial charge in [0.25, 0.3) is 0 Å². The Bertz CT molecular complexity index is 262. The van der Waals surface area contributed by atoms with Crippen LogP contribution >= 0.6 is 0 Å². The van der Waals surface area contributed by atoms with Crippen molar-refractivity contribution in [2.45, 2.75) is 46.1 Å². The van der Waals surface area contributed by atoms with E-state index in [2.05, 4.69) is 25.5 Å². The molecule has 0 amide bonds. The minimum atomic E-state index is -0.721. The number of aldehydes is 1. The Kier molecular flexibility index (Phi) is 5.45. The van der Waals surface area contributed by atoms with Crippen molar-refractivity contribution in [3.63, 3.8) is 0 Å². The van der Waals surface area contributed by atoms with Gasteiger partial charge in [-0.25, -0.2) is 4.79 Å². The maximum atomic E-state index is 11.3. The van der Waals surface area contributed by atoms with Gasteiger partial charge in [-0.2, -0.15) is 0 Å². The molecule has 1 aliphatic carbocycles. The lowest BCUT2D eigenvalue weighted by Gasteiger charge is -2.36. The van der Waals surface area contributed by atoms with Gasteiger partial charge in [-0.3, -0.25) is 4.79 Å². The van der Waals surface area contributed by atoms with Crippen LogP contribution in [-0.4, -0.2) is 25.2 Å². The minimum absolute atomic E-state index is 0.0714. The Labute approximate surface area is 103 Å². The second kappa shape index (κ2) is 6.62. The van der Waals surface area contributed by atoms with Gasteiger partial charge < -0.3 is 9.47 Å². The van der Waals surface area contributed by atoms with Crippen LogP contribution in [0.25, 0.3) is 0 Å². The first-order valence-electron chi connectivity index (χ1n) is 6.31. The van der Waals surface area contributed by atoms with Crippen molar-refractivity contribution in [3.05, 3.63) is 0 Å². The summed E-state index contributed by atoms with van der Waals surface area (Å²) in [4.78, 5) is 21.4. The molecule has 4 heteroatoms. The van der Waals surface area contributed by atoms with Crippen LogP contribution in [0.1, 0.15) is 40.0 Å². The standard InChI is InChI=1S/C13H22O4/c1-9(2)11-5-4-10(3)8-12(11)17-13(15)16-7-6-14/h6,9-12H,4-5,7-8H2,1-3H3/t10-,11+,12-/m1/s1. The first-order chi connectivity index (χ1) is 8.04. The third-order valence-electron chi connectivity index (χ3n) is 3.48. The molecule has 0 radical (unpaired) electrons. The molecule has 0 unspecified atom stereocenters. The van der Waals surface area contributed by atoms with Crippen molar-refractivity contribution < 1.29 is 19.1 Å². The molecule has 0 aliphatic heterocycles. The minimum Gasteiger partial charge on any atom is -0.431 e. The first-order valence-corrected chi connectivity index (χ1v) is 6.31. The van der Waals surface area contributed by atoms with Crippen molar-refractivity contribution >= 4 is 12.4 Å². The highest BCUT2D eigenvalue weighted by atomic mass is 16.7. The van der Waals surface area contributed by atoms with Crippen LogP contribution < -0.4 is 0 Å². The van der Waals surface area contributed by atoms with E-state index in [1.54, 1.807) is 0 Å². The lowest BCUT2D eigenvalue weighted by Crippen LogP contribution is -2.36. The summed E-state index contributed by atoms with van der Waals surface area (Å²) in [7, 11) is 0. The average molecular weight is 242 g/mol. The Hall–Kier alpha value is -1.06. The Morgan fingerprint density at radius 2 is 2.12 bits per heavy atom. The van der Waals surface area contributed by atoms with Gasteiger partial charge in [0.15, 0.2) is 12.9 Å². The normalized spacial score (nSPS) is 28.8. The molecule has 0 aromatic heterocycles. The summed E-state index contributed by atoms with van der Waals surface area (Å²) in [5.41, 5.74) is 0. The lowest BCUT2D eigenvalue weighted by molar-refractivity contribution is -0.112. The van der Waals surface area contributed by atoms with Gasteiger partial charge >= 0.3 is 6.16 Å². The quantitative estimate of drug-likeness (QED) is 0.562. The van der Waals surface area contributed by atoms with Gasteiger partial charge in [-0.1, -0.05) is 27.2 Å². The molecule has 0 saturated heterocycles. The maximum Gasteiger partial charge on any atom is 0.508 e. The van der Waals surface area contributed by atoms with Crippen LogP contribution in [0.4, 0.5) is 4.79 Å². The monoisotopic (exact) mass is 242 g/mol. The zero-order valence-corrected chi connectivity index (χ0v) is 10.8. The molecule has 1 fully saturated rings. The zero-order chi connectivity index (χ0) is 12.8. The molecule has 0 aromatic rings. The number of carbonyl (C=O) groups is 2. The van der Waals surface area contributed by atoms with E-state index in [1.165, 1.54) is 6.42 Å². The lowest BCUT2D eigenvalue weighted by atomic mass is 9.75. The average Bonchev–Trinajstić information content (AvgIpc) is 2.26. The molecule has 4 nitrogen and oxygen atoms in total. The Morgan fingerprint density at radius 1 is 1.41 bits per heavy atom. The highest BCUT2D eigenvalue weighted by molar-refractivity contribution is 5.63. The van der Waals surface area contributed by atoms with Crippen molar-refractivity contribution in [2.75, 3.05) is 6.61 Å². The van der Waals surface area contributed by atoms with E-state index in [0.717, 1.165) is 12.8 Å². The zero-order valence-electron chi connectivity index (χ0n) is 10.8. The predicted octanol–water partition coefficient (Wildman–Crippen LogP) is 2.80. The van der Waals surface area contributed by atoms with Crippen LogP contribution in [0.15, 0.2) is 0 Å². The van der Waals surface area contributed by atoms with Gasteiger partial charge in [0.05, 0.1) is 0 Å². The van der Waals surface area contributed by atoms with E-state index >= 15 is 0 Å². The van der Waals surface area contributed by atoms with E-state index in [1.807, 2.05) is 0 Å². The van der Waals surface area contributed by atoms with E-state index in [4.69, 9.17) is 4.74 Å². The van der Waals surface area contributed by atoms with Crippen LogP contribution in [0, 0.1) is 17.8 Å². The van der Waals surface area contributed by atoms with Crippen molar-refractivity contribution in [2.24, 2.45) is 17.8 Å². The molecule has 3 atom stereocenters. The van der Waals surface area contributed by atoms with Gasteiger partial charge in [0.1, 0.15) is 6.10 Å². The molecule has 1 saturated carbocycles. The summed E-state index contributed by atoms with van der Waals surface area (Å²) in [6.07, 6.45) is 2.92. The SMILES string of the molecule is CC(C)[C@@H]1CC[C@@H](C)C[C@H]1OC(=O)OCC=O. The molecule has 0 bridgehead atoms. The third kappa shape index (κ3) is 4.36. The van der Waals surface area contributed by atoms with Crippen LogP contribution in [0.3, 0.4) is 0 Å². The predicted molar refractivity (Wildman–Crippen MR) is 63.6 cm³/mol. The van der Waals surface area contributed by atoms with Gasteiger partial charge in [-0.05, 0) is 30.6 Å². The molecular weight excluding hydrogens is 220 g/mol. The summed E-state index contributed by atoms with van der Waals surface area (Å²) in [5.74, 6) is 1.47. The molecular formula is C13H22O4. The molecule has 17 heavy (non-hydrogen) atoms. The van der Waals surface area contributed by atoms with Crippen molar-refractivity contribution in [3.8, 4) is 0 Å². The fourth-order valence-electron chi connectivity index (χ4n) is 2.51. The third-order valence-corrected chi connectivity index (χ3v) is 3.48. The van der Waals surface area contributed by atoms with E-state index in [-0.39, 0.29) is 12.7 Å². The number of ether oxygens (including phenoxy) is 2. The number of hydrogen-bond donors (Lipinski definition) is 0.